The minimum absolute atomic E-state index is 0.209. The van der Waals surface area contributed by atoms with E-state index in [1.165, 1.54) is 0 Å². The number of aryl methyl sites for hydroxylation is 3. The first-order chi connectivity index (χ1) is 8.90. The molecule has 1 atom stereocenters. The molecular formula is C16H16BrFO. The molecule has 0 aliphatic carbocycles. The fourth-order valence-corrected chi connectivity index (χ4v) is 2.65. The molecule has 0 aliphatic rings. The average Bonchev–Trinajstić information content (AvgIpc) is 2.37. The second kappa shape index (κ2) is 5.43. The third-order valence-corrected chi connectivity index (χ3v) is 3.94. The second-order valence-corrected chi connectivity index (χ2v) is 5.75. The first-order valence-electron chi connectivity index (χ1n) is 6.11. The van der Waals surface area contributed by atoms with E-state index < -0.39 is 6.10 Å². The van der Waals surface area contributed by atoms with Gasteiger partial charge in [-0.1, -0.05) is 45.8 Å². The molecule has 0 radical (unpaired) electrons. The predicted molar refractivity (Wildman–Crippen MR) is 78.8 cm³/mol. The van der Waals surface area contributed by atoms with Crippen molar-refractivity contribution in [1.29, 1.82) is 0 Å². The zero-order chi connectivity index (χ0) is 14.2. The quantitative estimate of drug-likeness (QED) is 0.857. The lowest BCUT2D eigenvalue weighted by Crippen LogP contribution is -2.03. The molecule has 1 nitrogen and oxygen atoms in total. The van der Waals surface area contributed by atoms with E-state index in [2.05, 4.69) is 15.9 Å². The van der Waals surface area contributed by atoms with Gasteiger partial charge in [0.05, 0.1) is 0 Å². The van der Waals surface area contributed by atoms with Crippen LogP contribution in [-0.2, 0) is 0 Å². The van der Waals surface area contributed by atoms with Gasteiger partial charge in [0.2, 0.25) is 0 Å². The molecule has 0 bridgehead atoms. The Hall–Kier alpha value is -1.19. The van der Waals surface area contributed by atoms with Crippen molar-refractivity contribution in [3.05, 3.63) is 68.4 Å². The lowest BCUT2D eigenvalue weighted by Gasteiger charge is -2.16. The van der Waals surface area contributed by atoms with E-state index in [1.54, 1.807) is 26.0 Å². The third-order valence-electron chi connectivity index (χ3n) is 3.22. The number of rotatable bonds is 2. The summed E-state index contributed by atoms with van der Waals surface area (Å²) in [6.07, 6.45) is -0.757. The van der Waals surface area contributed by atoms with Crippen LogP contribution in [-0.4, -0.2) is 5.11 Å². The smallest absolute Gasteiger partial charge is 0.129 e. The molecule has 0 aromatic heterocycles. The molecule has 1 N–H and O–H groups in total. The van der Waals surface area contributed by atoms with Gasteiger partial charge in [-0.15, -0.1) is 0 Å². The molecule has 2 rings (SSSR count). The van der Waals surface area contributed by atoms with Crippen molar-refractivity contribution in [2.75, 3.05) is 0 Å². The Balaban J connectivity index is 2.49. The molecule has 0 spiro atoms. The van der Waals surface area contributed by atoms with Crippen molar-refractivity contribution in [3.8, 4) is 0 Å². The Labute approximate surface area is 121 Å². The highest BCUT2D eigenvalue weighted by Gasteiger charge is 2.16. The Morgan fingerprint density at radius 3 is 2.21 bits per heavy atom. The molecular weight excluding hydrogens is 307 g/mol. The Morgan fingerprint density at radius 2 is 1.63 bits per heavy atom. The van der Waals surface area contributed by atoms with E-state index in [0.717, 1.165) is 15.6 Å². The molecule has 19 heavy (non-hydrogen) atoms. The van der Waals surface area contributed by atoms with Crippen LogP contribution in [0, 0.1) is 26.6 Å². The monoisotopic (exact) mass is 322 g/mol. The lowest BCUT2D eigenvalue weighted by atomic mass is 9.96. The highest BCUT2D eigenvalue weighted by Crippen LogP contribution is 2.31. The predicted octanol–water partition coefficient (Wildman–Crippen LogP) is 4.60. The van der Waals surface area contributed by atoms with Crippen LogP contribution in [0.1, 0.15) is 33.9 Å². The second-order valence-electron chi connectivity index (χ2n) is 4.90. The summed E-state index contributed by atoms with van der Waals surface area (Å²) in [6.45, 7) is 5.40. The van der Waals surface area contributed by atoms with Gasteiger partial charge in [0.15, 0.2) is 0 Å². The standard InChI is InChI=1S/C16H16BrFO/c1-9-4-5-14(17)13(6-9)16(19)12-7-10(2)15(18)11(3)8-12/h4-8,16,19H,1-3H3. The van der Waals surface area contributed by atoms with Crippen molar-refractivity contribution in [2.45, 2.75) is 26.9 Å². The summed E-state index contributed by atoms with van der Waals surface area (Å²) < 4.78 is 14.5. The zero-order valence-corrected chi connectivity index (χ0v) is 12.8. The van der Waals surface area contributed by atoms with Crippen LogP contribution < -0.4 is 0 Å². The number of halogens is 2. The molecule has 0 saturated carbocycles. The topological polar surface area (TPSA) is 20.2 Å². The molecule has 0 heterocycles. The highest BCUT2D eigenvalue weighted by molar-refractivity contribution is 9.10. The molecule has 100 valence electrons. The van der Waals surface area contributed by atoms with E-state index in [1.807, 2.05) is 25.1 Å². The third kappa shape index (κ3) is 2.88. The van der Waals surface area contributed by atoms with Gasteiger partial charge in [0.1, 0.15) is 11.9 Å². The van der Waals surface area contributed by atoms with Crippen LogP contribution in [0.3, 0.4) is 0 Å². The van der Waals surface area contributed by atoms with E-state index in [0.29, 0.717) is 16.7 Å². The average molecular weight is 323 g/mol. The molecule has 0 amide bonds. The van der Waals surface area contributed by atoms with Crippen molar-refractivity contribution in [1.82, 2.24) is 0 Å². The fourth-order valence-electron chi connectivity index (χ4n) is 2.19. The number of aliphatic hydroxyl groups is 1. The number of aliphatic hydroxyl groups excluding tert-OH is 1. The summed E-state index contributed by atoms with van der Waals surface area (Å²) in [7, 11) is 0. The Morgan fingerprint density at radius 1 is 1.05 bits per heavy atom. The van der Waals surface area contributed by atoms with Gasteiger partial charge in [-0.25, -0.2) is 4.39 Å². The molecule has 0 fully saturated rings. The van der Waals surface area contributed by atoms with E-state index >= 15 is 0 Å². The number of hydrogen-bond donors (Lipinski definition) is 1. The number of hydrogen-bond acceptors (Lipinski definition) is 1. The summed E-state index contributed by atoms with van der Waals surface area (Å²) in [4.78, 5) is 0. The maximum Gasteiger partial charge on any atom is 0.129 e. The van der Waals surface area contributed by atoms with Gasteiger partial charge in [-0.3, -0.25) is 0 Å². The minimum atomic E-state index is -0.757. The van der Waals surface area contributed by atoms with Crippen LogP contribution >= 0.6 is 15.9 Å². The highest BCUT2D eigenvalue weighted by atomic mass is 79.9. The van der Waals surface area contributed by atoms with Crippen molar-refractivity contribution in [2.24, 2.45) is 0 Å². The Kier molecular flexibility index (Phi) is 4.07. The molecule has 2 aromatic carbocycles. The van der Waals surface area contributed by atoms with Crippen LogP contribution in [0.15, 0.2) is 34.8 Å². The maximum atomic E-state index is 13.6. The van der Waals surface area contributed by atoms with Crippen molar-refractivity contribution >= 4 is 15.9 Å². The van der Waals surface area contributed by atoms with Gasteiger partial charge >= 0.3 is 0 Å². The first-order valence-corrected chi connectivity index (χ1v) is 6.90. The Bertz CT molecular complexity index is 599. The van der Waals surface area contributed by atoms with Gasteiger partial charge in [0, 0.05) is 4.47 Å². The summed E-state index contributed by atoms with van der Waals surface area (Å²) >= 11 is 3.45. The van der Waals surface area contributed by atoms with Gasteiger partial charge in [-0.2, -0.15) is 0 Å². The van der Waals surface area contributed by atoms with Crippen LogP contribution in [0.4, 0.5) is 4.39 Å². The fraction of sp³-hybridized carbons (Fsp3) is 0.250. The summed E-state index contributed by atoms with van der Waals surface area (Å²) in [6, 6.07) is 9.21. The van der Waals surface area contributed by atoms with Gasteiger partial charge in [-0.05, 0) is 49.1 Å². The zero-order valence-electron chi connectivity index (χ0n) is 11.2. The van der Waals surface area contributed by atoms with Crippen molar-refractivity contribution in [3.63, 3.8) is 0 Å². The van der Waals surface area contributed by atoms with Gasteiger partial charge in [0.25, 0.3) is 0 Å². The SMILES string of the molecule is Cc1ccc(Br)c(C(O)c2cc(C)c(F)c(C)c2)c1. The maximum absolute atomic E-state index is 13.6. The van der Waals surface area contributed by atoms with Crippen molar-refractivity contribution < 1.29 is 9.50 Å². The summed E-state index contributed by atoms with van der Waals surface area (Å²) in [5.41, 5.74) is 3.69. The van der Waals surface area contributed by atoms with E-state index in [-0.39, 0.29) is 5.82 Å². The molecule has 3 heteroatoms. The summed E-state index contributed by atoms with van der Waals surface area (Å²) in [5, 5.41) is 10.5. The van der Waals surface area contributed by atoms with E-state index in [4.69, 9.17) is 0 Å². The first kappa shape index (κ1) is 14.2. The van der Waals surface area contributed by atoms with E-state index in [9.17, 15) is 9.50 Å². The molecule has 1 unspecified atom stereocenters. The minimum Gasteiger partial charge on any atom is -0.384 e. The normalized spacial score (nSPS) is 12.5. The lowest BCUT2D eigenvalue weighted by molar-refractivity contribution is 0.219. The molecule has 2 aromatic rings. The van der Waals surface area contributed by atoms with Gasteiger partial charge < -0.3 is 5.11 Å². The number of benzene rings is 2. The summed E-state index contributed by atoms with van der Waals surface area (Å²) in [5.74, 6) is -0.209. The molecule has 0 aliphatic heterocycles. The van der Waals surface area contributed by atoms with Crippen LogP contribution in [0.25, 0.3) is 0 Å². The largest absolute Gasteiger partial charge is 0.384 e. The molecule has 0 saturated heterocycles. The van der Waals surface area contributed by atoms with Crippen LogP contribution in [0.5, 0.6) is 0 Å². The van der Waals surface area contributed by atoms with Crippen LogP contribution in [0.2, 0.25) is 0 Å².